The molecule has 0 spiro atoms. The molecule has 0 fully saturated rings. The number of Topliss-reactive ketones (excluding diaryl/α,β-unsaturated/α-hetero) is 2. The molecule has 1 aliphatic carbocycles. The molecule has 2 nitrogen and oxygen atoms in total. The lowest BCUT2D eigenvalue weighted by Crippen LogP contribution is -2.20. The van der Waals surface area contributed by atoms with E-state index in [0.29, 0.717) is 26.7 Å². The number of benzene rings is 2. The molecular weight excluding hydrogens is 295 g/mol. The van der Waals surface area contributed by atoms with Gasteiger partial charge in [0.25, 0.3) is 0 Å². The van der Waals surface area contributed by atoms with E-state index in [0.717, 1.165) is 0 Å². The molecule has 0 N–H and O–H groups in total. The summed E-state index contributed by atoms with van der Waals surface area (Å²) >= 11 is 12.0. The van der Waals surface area contributed by atoms with Crippen LogP contribution in [0.15, 0.2) is 42.5 Å². The molecule has 0 saturated heterocycles. The second-order valence-corrected chi connectivity index (χ2v) is 5.27. The van der Waals surface area contributed by atoms with Crippen LogP contribution in [0.3, 0.4) is 0 Å². The predicted molar refractivity (Wildman–Crippen MR) is 80.1 cm³/mol. The van der Waals surface area contributed by atoms with Gasteiger partial charge in [0.2, 0.25) is 11.6 Å². The van der Waals surface area contributed by atoms with E-state index < -0.39 is 11.6 Å². The summed E-state index contributed by atoms with van der Waals surface area (Å²) in [4.78, 5) is 24.4. The number of fused-ring (bicyclic) bond motifs is 1. The highest BCUT2D eigenvalue weighted by molar-refractivity contribution is 6.62. The van der Waals surface area contributed by atoms with Crippen molar-refractivity contribution in [1.29, 1.82) is 0 Å². The Morgan fingerprint density at radius 3 is 2.35 bits per heavy atom. The van der Waals surface area contributed by atoms with Crippen LogP contribution in [0.5, 0.6) is 0 Å². The second-order valence-electron chi connectivity index (χ2n) is 4.43. The van der Waals surface area contributed by atoms with Gasteiger partial charge in [-0.05, 0) is 29.8 Å². The van der Waals surface area contributed by atoms with E-state index in [2.05, 4.69) is 0 Å². The van der Waals surface area contributed by atoms with E-state index in [4.69, 9.17) is 23.2 Å². The average molecular weight is 303 g/mol. The van der Waals surface area contributed by atoms with Crippen LogP contribution < -0.4 is 0 Å². The molecule has 0 aliphatic heterocycles. The largest absolute Gasteiger partial charge is 0.285 e. The smallest absolute Gasteiger partial charge is 0.234 e. The minimum absolute atomic E-state index is 0.279. The molecule has 98 valence electrons. The summed E-state index contributed by atoms with van der Waals surface area (Å²) in [6.45, 7) is 0. The van der Waals surface area contributed by atoms with Crippen LogP contribution in [-0.2, 0) is 4.79 Å². The maximum absolute atomic E-state index is 12.2. The maximum atomic E-state index is 12.2. The van der Waals surface area contributed by atoms with Crippen molar-refractivity contribution in [3.63, 3.8) is 0 Å². The molecule has 0 radical (unpaired) electrons. The third-order valence-electron chi connectivity index (χ3n) is 3.17. The summed E-state index contributed by atoms with van der Waals surface area (Å²) in [5, 5.41) is 0.852. The fourth-order valence-corrected chi connectivity index (χ4v) is 2.59. The molecule has 0 saturated carbocycles. The molecule has 4 heteroatoms. The van der Waals surface area contributed by atoms with Crippen molar-refractivity contribution in [2.24, 2.45) is 0 Å². The van der Waals surface area contributed by atoms with Crippen molar-refractivity contribution in [3.8, 4) is 0 Å². The molecule has 1 aliphatic rings. The Hall–Kier alpha value is -1.90. The van der Waals surface area contributed by atoms with Gasteiger partial charge in [-0.1, -0.05) is 47.5 Å². The van der Waals surface area contributed by atoms with Gasteiger partial charge >= 0.3 is 0 Å². The van der Waals surface area contributed by atoms with Gasteiger partial charge in [0.05, 0.1) is 0 Å². The zero-order valence-corrected chi connectivity index (χ0v) is 11.7. The highest BCUT2D eigenvalue weighted by Gasteiger charge is 2.29. The Labute approximate surface area is 125 Å². The van der Waals surface area contributed by atoms with Crippen LogP contribution in [0, 0.1) is 0 Å². The molecule has 0 unspecified atom stereocenters. The van der Waals surface area contributed by atoms with E-state index in [9.17, 15) is 9.59 Å². The summed E-state index contributed by atoms with van der Waals surface area (Å²) in [6, 6.07) is 11.8. The number of rotatable bonds is 1. The molecule has 2 aromatic carbocycles. The lowest BCUT2D eigenvalue weighted by Gasteiger charge is -2.15. The Morgan fingerprint density at radius 2 is 1.55 bits per heavy atom. The second kappa shape index (κ2) is 4.89. The van der Waals surface area contributed by atoms with Crippen molar-refractivity contribution >= 4 is 46.4 Å². The van der Waals surface area contributed by atoms with E-state index in [1.165, 1.54) is 0 Å². The first-order chi connectivity index (χ1) is 9.58. The van der Waals surface area contributed by atoms with Crippen molar-refractivity contribution in [1.82, 2.24) is 0 Å². The van der Waals surface area contributed by atoms with Gasteiger partial charge in [0.15, 0.2) is 0 Å². The monoisotopic (exact) mass is 302 g/mol. The molecule has 2 aromatic rings. The minimum atomic E-state index is -0.562. The van der Waals surface area contributed by atoms with E-state index in [1.54, 1.807) is 42.5 Å². The zero-order valence-electron chi connectivity index (χ0n) is 10.2. The Balaban J connectivity index is 2.24. The van der Waals surface area contributed by atoms with Crippen molar-refractivity contribution in [3.05, 3.63) is 69.2 Å². The van der Waals surface area contributed by atoms with Gasteiger partial charge < -0.3 is 0 Å². The molecule has 0 bridgehead atoms. The Bertz CT molecular complexity index is 776. The van der Waals surface area contributed by atoms with Crippen LogP contribution in [-0.4, -0.2) is 11.6 Å². The third-order valence-corrected chi connectivity index (χ3v) is 3.74. The van der Waals surface area contributed by atoms with E-state index >= 15 is 0 Å². The first-order valence-corrected chi connectivity index (χ1v) is 6.68. The van der Waals surface area contributed by atoms with Gasteiger partial charge in [-0.25, -0.2) is 0 Å². The number of ketones is 2. The highest BCUT2D eigenvalue weighted by Crippen LogP contribution is 2.33. The summed E-state index contributed by atoms with van der Waals surface area (Å²) in [5.41, 5.74) is 1.88. The SMILES string of the molecule is O=C1C(=O)c2ccccc2C=C1c1cc(Cl)ccc1Cl. The number of hydrogen-bond donors (Lipinski definition) is 0. The molecule has 0 atom stereocenters. The maximum Gasteiger partial charge on any atom is 0.234 e. The normalized spacial score (nSPS) is 14.0. The quantitative estimate of drug-likeness (QED) is 0.736. The van der Waals surface area contributed by atoms with Crippen LogP contribution in [0.1, 0.15) is 21.5 Å². The van der Waals surface area contributed by atoms with E-state index in [-0.39, 0.29) is 5.57 Å². The summed E-state index contributed by atoms with van der Waals surface area (Å²) in [5.74, 6) is -1.08. The molecule has 0 amide bonds. The number of hydrogen-bond acceptors (Lipinski definition) is 2. The molecule has 20 heavy (non-hydrogen) atoms. The third kappa shape index (κ3) is 2.07. The summed E-state index contributed by atoms with van der Waals surface area (Å²) in [7, 11) is 0. The number of halogens is 2. The fourth-order valence-electron chi connectivity index (χ4n) is 2.20. The number of carbonyl (C=O) groups excluding carboxylic acids is 2. The van der Waals surface area contributed by atoms with Gasteiger partial charge in [-0.15, -0.1) is 0 Å². The van der Waals surface area contributed by atoms with Crippen LogP contribution in [0.2, 0.25) is 10.0 Å². The predicted octanol–water partition coefficient (Wildman–Crippen LogP) is 4.30. The fraction of sp³-hybridized carbons (Fsp3) is 0. The molecule has 3 rings (SSSR count). The Kier molecular flexibility index (Phi) is 3.20. The zero-order chi connectivity index (χ0) is 14.3. The number of allylic oxidation sites excluding steroid dienone is 1. The number of carbonyl (C=O) groups is 2. The van der Waals surface area contributed by atoms with Gasteiger partial charge in [0.1, 0.15) is 0 Å². The van der Waals surface area contributed by atoms with Crippen LogP contribution in [0.25, 0.3) is 11.6 Å². The van der Waals surface area contributed by atoms with Crippen LogP contribution >= 0.6 is 23.2 Å². The van der Waals surface area contributed by atoms with Crippen molar-refractivity contribution < 1.29 is 9.59 Å². The van der Waals surface area contributed by atoms with Crippen molar-refractivity contribution in [2.45, 2.75) is 0 Å². The van der Waals surface area contributed by atoms with Gasteiger partial charge in [-0.2, -0.15) is 0 Å². The van der Waals surface area contributed by atoms with Crippen molar-refractivity contribution in [2.75, 3.05) is 0 Å². The van der Waals surface area contributed by atoms with Gasteiger partial charge in [0, 0.05) is 26.7 Å². The first-order valence-electron chi connectivity index (χ1n) is 5.93. The minimum Gasteiger partial charge on any atom is -0.285 e. The van der Waals surface area contributed by atoms with Crippen LogP contribution in [0.4, 0.5) is 0 Å². The average Bonchev–Trinajstić information content (AvgIpc) is 2.46. The van der Waals surface area contributed by atoms with E-state index in [1.807, 2.05) is 6.07 Å². The Morgan fingerprint density at radius 1 is 0.800 bits per heavy atom. The lowest BCUT2D eigenvalue weighted by molar-refractivity contribution is -0.110. The first kappa shape index (κ1) is 13.1. The molecule has 0 aromatic heterocycles. The summed E-state index contributed by atoms with van der Waals surface area (Å²) < 4.78 is 0. The lowest BCUT2D eigenvalue weighted by atomic mass is 9.87. The van der Waals surface area contributed by atoms with Gasteiger partial charge in [-0.3, -0.25) is 9.59 Å². The standard InChI is InChI=1S/C16H8Cl2O2/c17-10-5-6-14(18)12(8-10)13-7-9-3-1-2-4-11(9)15(19)16(13)20/h1-8H. The summed E-state index contributed by atoms with van der Waals surface area (Å²) in [6.07, 6.45) is 1.68. The highest BCUT2D eigenvalue weighted by atomic mass is 35.5. The molecular formula is C16H8Cl2O2. The topological polar surface area (TPSA) is 34.1 Å². The molecule has 0 heterocycles.